The van der Waals surface area contributed by atoms with Crippen LogP contribution in [0.5, 0.6) is 0 Å². The molecular formula is C31H36N8O3. The van der Waals surface area contributed by atoms with Crippen molar-refractivity contribution in [1.29, 1.82) is 0 Å². The van der Waals surface area contributed by atoms with E-state index in [4.69, 9.17) is 19.6 Å². The number of nitrogens with zero attached hydrogens (tertiary/aromatic N) is 6. The minimum atomic E-state index is -0.247. The molecule has 4 aromatic rings. The number of fused-ring (bicyclic) bond motifs is 1. The van der Waals surface area contributed by atoms with E-state index in [1.165, 1.54) is 5.69 Å². The van der Waals surface area contributed by atoms with Crippen molar-refractivity contribution in [3.63, 3.8) is 0 Å². The molecule has 0 spiro atoms. The maximum atomic E-state index is 13.8. The van der Waals surface area contributed by atoms with Gasteiger partial charge in [0, 0.05) is 75.6 Å². The number of hydrogen-bond acceptors (Lipinski definition) is 9. The third-order valence-corrected chi connectivity index (χ3v) is 7.74. The van der Waals surface area contributed by atoms with Gasteiger partial charge in [-0.05, 0) is 67.5 Å². The van der Waals surface area contributed by atoms with Crippen molar-refractivity contribution in [2.75, 3.05) is 56.2 Å². The number of benzene rings is 1. The van der Waals surface area contributed by atoms with Crippen LogP contribution in [-0.2, 0) is 23.1 Å². The SMILES string of the molecule is CCOC#Cc1cc2cnc(Nc3ccc(N4CCNCC4)cc3)nc2n(Cc2nn(C)cc2C2CCOCC2)c1=O. The summed E-state index contributed by atoms with van der Waals surface area (Å²) in [5.74, 6) is 3.62. The van der Waals surface area contributed by atoms with Crippen molar-refractivity contribution in [2.45, 2.75) is 32.2 Å². The topological polar surface area (TPSA) is 111 Å². The smallest absolute Gasteiger partial charge is 0.268 e. The number of pyridine rings is 1. The van der Waals surface area contributed by atoms with E-state index >= 15 is 0 Å². The Hall–Kier alpha value is -4.40. The molecule has 1 aromatic carbocycles. The van der Waals surface area contributed by atoms with Crippen LogP contribution in [0.3, 0.4) is 0 Å². The van der Waals surface area contributed by atoms with Crippen molar-refractivity contribution in [3.05, 3.63) is 69.9 Å². The summed E-state index contributed by atoms with van der Waals surface area (Å²) in [6.45, 7) is 7.96. The lowest BCUT2D eigenvalue weighted by atomic mass is 9.92. The second-order valence-electron chi connectivity index (χ2n) is 10.6. The van der Waals surface area contributed by atoms with E-state index < -0.39 is 0 Å². The van der Waals surface area contributed by atoms with E-state index in [1.54, 1.807) is 16.8 Å². The fourth-order valence-electron chi connectivity index (χ4n) is 5.60. The first-order chi connectivity index (χ1) is 20.6. The molecular weight excluding hydrogens is 532 g/mol. The largest absolute Gasteiger partial charge is 0.447 e. The normalized spacial score (nSPS) is 15.8. The third-order valence-electron chi connectivity index (χ3n) is 7.74. The molecule has 0 radical (unpaired) electrons. The quantitative estimate of drug-likeness (QED) is 0.325. The summed E-state index contributed by atoms with van der Waals surface area (Å²) >= 11 is 0. The standard InChI is InChI=1S/C31H36N8O3/c1-3-41-15-10-23-18-24-19-33-31(34-25-4-6-26(7-5-25)38-13-11-32-12-14-38)35-29(24)39(30(23)40)21-28-27(20-37(2)36-28)22-8-16-42-17-9-22/h4-7,18-20,22,32H,3,8-9,11-14,16-17,21H2,1-2H3,(H,33,34,35). The first kappa shape index (κ1) is 27.8. The summed E-state index contributed by atoms with van der Waals surface area (Å²) in [6, 6.07) is 9.99. The molecule has 0 saturated carbocycles. The fourth-order valence-corrected chi connectivity index (χ4v) is 5.60. The van der Waals surface area contributed by atoms with Gasteiger partial charge in [-0.2, -0.15) is 10.1 Å². The van der Waals surface area contributed by atoms with E-state index in [0.29, 0.717) is 35.1 Å². The van der Waals surface area contributed by atoms with Gasteiger partial charge in [-0.3, -0.25) is 14.0 Å². The second-order valence-corrected chi connectivity index (χ2v) is 10.6. The van der Waals surface area contributed by atoms with Gasteiger partial charge in [0.15, 0.2) is 0 Å². The predicted molar refractivity (Wildman–Crippen MR) is 162 cm³/mol. The van der Waals surface area contributed by atoms with E-state index in [1.807, 2.05) is 30.8 Å². The zero-order valence-corrected chi connectivity index (χ0v) is 24.1. The Morgan fingerprint density at radius 1 is 1.17 bits per heavy atom. The van der Waals surface area contributed by atoms with Crippen molar-refractivity contribution >= 4 is 28.4 Å². The van der Waals surface area contributed by atoms with Crippen molar-refractivity contribution in [1.82, 2.24) is 29.6 Å². The van der Waals surface area contributed by atoms with Crippen LogP contribution >= 0.6 is 0 Å². The van der Waals surface area contributed by atoms with E-state index in [0.717, 1.165) is 69.2 Å². The zero-order chi connectivity index (χ0) is 28.9. The molecule has 0 unspecified atom stereocenters. The van der Waals surface area contributed by atoms with Gasteiger partial charge in [0.2, 0.25) is 5.95 Å². The minimum Gasteiger partial charge on any atom is -0.447 e. The summed E-state index contributed by atoms with van der Waals surface area (Å²) < 4.78 is 14.3. The number of nitrogens with one attached hydrogen (secondary N) is 2. The third kappa shape index (κ3) is 6.10. The molecule has 42 heavy (non-hydrogen) atoms. The van der Waals surface area contributed by atoms with Crippen LogP contribution in [0.15, 0.2) is 47.5 Å². The Labute approximate surface area is 244 Å². The molecule has 11 nitrogen and oxygen atoms in total. The highest BCUT2D eigenvalue weighted by Crippen LogP contribution is 2.30. The lowest BCUT2D eigenvalue weighted by Crippen LogP contribution is -2.43. The summed E-state index contributed by atoms with van der Waals surface area (Å²) in [6.07, 6.45) is 8.27. The molecule has 3 aromatic heterocycles. The summed E-state index contributed by atoms with van der Waals surface area (Å²) in [5.41, 5.74) is 4.64. The maximum absolute atomic E-state index is 13.8. The van der Waals surface area contributed by atoms with Crippen LogP contribution in [0, 0.1) is 12.0 Å². The van der Waals surface area contributed by atoms with Gasteiger partial charge < -0.3 is 25.0 Å². The van der Waals surface area contributed by atoms with Gasteiger partial charge in [-0.1, -0.05) is 0 Å². The number of hydrogen-bond donors (Lipinski definition) is 2. The molecule has 5 heterocycles. The zero-order valence-electron chi connectivity index (χ0n) is 24.1. The number of anilines is 3. The molecule has 0 bridgehead atoms. The number of aryl methyl sites for hydroxylation is 1. The summed E-state index contributed by atoms with van der Waals surface area (Å²) in [4.78, 5) is 25.5. The molecule has 218 valence electrons. The first-order valence-corrected chi connectivity index (χ1v) is 14.6. The molecule has 2 aliphatic rings. The van der Waals surface area contributed by atoms with Crippen LogP contribution in [-0.4, -0.2) is 70.3 Å². The Balaban J connectivity index is 1.35. The second kappa shape index (κ2) is 12.6. The number of aromatic nitrogens is 5. The summed E-state index contributed by atoms with van der Waals surface area (Å²) in [5, 5.41) is 12.2. The Morgan fingerprint density at radius 3 is 2.71 bits per heavy atom. The molecule has 2 fully saturated rings. The molecule has 0 aliphatic carbocycles. The Morgan fingerprint density at radius 2 is 1.95 bits per heavy atom. The van der Waals surface area contributed by atoms with E-state index in [2.05, 4.69) is 50.9 Å². The first-order valence-electron chi connectivity index (χ1n) is 14.6. The highest BCUT2D eigenvalue weighted by atomic mass is 16.5. The minimum absolute atomic E-state index is 0.247. The predicted octanol–water partition coefficient (Wildman–Crippen LogP) is 2.97. The van der Waals surface area contributed by atoms with Gasteiger partial charge in [0.05, 0.1) is 24.4 Å². The molecule has 6 rings (SSSR count). The van der Waals surface area contributed by atoms with Crippen molar-refractivity contribution in [3.8, 4) is 12.0 Å². The van der Waals surface area contributed by atoms with Crippen molar-refractivity contribution in [2.24, 2.45) is 7.05 Å². The van der Waals surface area contributed by atoms with Crippen LogP contribution in [0.4, 0.5) is 17.3 Å². The highest BCUT2D eigenvalue weighted by molar-refractivity contribution is 5.77. The molecule has 2 aliphatic heterocycles. The van der Waals surface area contributed by atoms with Crippen molar-refractivity contribution < 1.29 is 9.47 Å². The molecule has 0 atom stereocenters. The monoisotopic (exact) mass is 568 g/mol. The average molecular weight is 569 g/mol. The van der Waals surface area contributed by atoms with E-state index in [-0.39, 0.29) is 12.1 Å². The molecule has 2 N–H and O–H groups in total. The van der Waals surface area contributed by atoms with Crippen LogP contribution in [0.2, 0.25) is 0 Å². The molecule has 11 heteroatoms. The van der Waals surface area contributed by atoms with Gasteiger partial charge in [0.25, 0.3) is 5.56 Å². The lowest BCUT2D eigenvalue weighted by Gasteiger charge is -2.29. The van der Waals surface area contributed by atoms with Crippen LogP contribution in [0.25, 0.3) is 11.0 Å². The Kier molecular flexibility index (Phi) is 8.35. The van der Waals surface area contributed by atoms with Gasteiger partial charge in [-0.25, -0.2) is 4.98 Å². The number of piperazine rings is 1. The van der Waals surface area contributed by atoms with Gasteiger partial charge in [-0.15, -0.1) is 0 Å². The summed E-state index contributed by atoms with van der Waals surface area (Å²) in [7, 11) is 1.91. The number of ether oxygens (including phenoxy) is 2. The Bertz CT molecular complexity index is 1660. The molecule has 2 saturated heterocycles. The highest BCUT2D eigenvalue weighted by Gasteiger charge is 2.23. The molecule has 0 amide bonds. The van der Waals surface area contributed by atoms with Crippen LogP contribution < -0.4 is 21.1 Å². The number of rotatable bonds is 7. The lowest BCUT2D eigenvalue weighted by molar-refractivity contribution is 0.0851. The fraction of sp³-hybridized carbons (Fsp3) is 0.419. The average Bonchev–Trinajstić information content (AvgIpc) is 3.40. The van der Waals surface area contributed by atoms with Crippen LogP contribution in [0.1, 0.15) is 42.5 Å². The maximum Gasteiger partial charge on any atom is 0.268 e. The van der Waals surface area contributed by atoms with E-state index in [9.17, 15) is 4.79 Å². The van der Waals surface area contributed by atoms with Gasteiger partial charge in [0.1, 0.15) is 11.8 Å². The van der Waals surface area contributed by atoms with Gasteiger partial charge >= 0.3 is 0 Å².